The van der Waals surface area contributed by atoms with E-state index in [0.29, 0.717) is 34.1 Å². The standard InChI is InChI=1S/C24H23NO5S/c1-28-19-8-4-6-17(12-19)24(27)25-18-7-5-9-20(14-18)31-15-21(26)16-10-11-22(29-2)23(13-16)30-3/h4-14H,15H2,1-3H3,(H,25,27). The number of anilines is 1. The molecule has 0 aliphatic rings. The molecule has 31 heavy (non-hydrogen) atoms. The van der Waals surface area contributed by atoms with Crippen molar-refractivity contribution in [2.45, 2.75) is 4.90 Å². The fraction of sp³-hybridized carbons (Fsp3) is 0.167. The van der Waals surface area contributed by atoms with Crippen LogP contribution in [-0.4, -0.2) is 38.8 Å². The molecular weight excluding hydrogens is 414 g/mol. The molecule has 0 bridgehead atoms. The van der Waals surface area contributed by atoms with E-state index in [1.165, 1.54) is 18.9 Å². The van der Waals surface area contributed by atoms with Crippen LogP contribution in [0.4, 0.5) is 5.69 Å². The van der Waals surface area contributed by atoms with Gasteiger partial charge < -0.3 is 19.5 Å². The summed E-state index contributed by atoms with van der Waals surface area (Å²) in [6.45, 7) is 0. The molecule has 0 saturated carbocycles. The molecule has 0 heterocycles. The third-order valence-corrected chi connectivity index (χ3v) is 5.49. The molecule has 0 aliphatic heterocycles. The predicted octanol–water partition coefficient (Wildman–Crippen LogP) is 4.94. The summed E-state index contributed by atoms with van der Waals surface area (Å²) in [5, 5.41) is 2.87. The highest BCUT2D eigenvalue weighted by Gasteiger charge is 2.12. The minimum Gasteiger partial charge on any atom is -0.497 e. The topological polar surface area (TPSA) is 73.9 Å². The zero-order valence-corrected chi connectivity index (χ0v) is 18.3. The second-order valence-corrected chi connectivity index (χ2v) is 7.54. The largest absolute Gasteiger partial charge is 0.497 e. The molecule has 6 nitrogen and oxygen atoms in total. The predicted molar refractivity (Wildman–Crippen MR) is 122 cm³/mol. The number of nitrogens with one attached hydrogen (secondary N) is 1. The normalized spacial score (nSPS) is 10.3. The van der Waals surface area contributed by atoms with Gasteiger partial charge in [-0.25, -0.2) is 0 Å². The lowest BCUT2D eigenvalue weighted by Gasteiger charge is -2.10. The number of ether oxygens (including phenoxy) is 3. The molecule has 7 heteroatoms. The zero-order valence-electron chi connectivity index (χ0n) is 17.5. The van der Waals surface area contributed by atoms with Gasteiger partial charge in [0.15, 0.2) is 17.3 Å². The minimum absolute atomic E-state index is 0.0308. The van der Waals surface area contributed by atoms with Crippen LogP contribution < -0.4 is 19.5 Å². The summed E-state index contributed by atoms with van der Waals surface area (Å²) in [5.41, 5.74) is 1.70. The summed E-state index contributed by atoms with van der Waals surface area (Å²) in [6.07, 6.45) is 0. The van der Waals surface area contributed by atoms with E-state index < -0.39 is 0 Å². The van der Waals surface area contributed by atoms with Crippen LogP contribution in [-0.2, 0) is 0 Å². The maximum atomic E-state index is 12.6. The van der Waals surface area contributed by atoms with Gasteiger partial charge in [0.2, 0.25) is 0 Å². The number of ketones is 1. The van der Waals surface area contributed by atoms with Crippen molar-refractivity contribution in [2.75, 3.05) is 32.4 Å². The molecular formula is C24H23NO5S. The molecule has 0 spiro atoms. The lowest BCUT2D eigenvalue weighted by Crippen LogP contribution is -2.11. The number of methoxy groups -OCH3 is 3. The van der Waals surface area contributed by atoms with Crippen molar-refractivity contribution in [3.63, 3.8) is 0 Å². The van der Waals surface area contributed by atoms with Gasteiger partial charge in [0.25, 0.3) is 5.91 Å². The summed E-state index contributed by atoms with van der Waals surface area (Å²) in [7, 11) is 4.64. The summed E-state index contributed by atoms with van der Waals surface area (Å²) >= 11 is 1.40. The number of benzene rings is 3. The van der Waals surface area contributed by atoms with Gasteiger partial charge in [-0.3, -0.25) is 9.59 Å². The monoisotopic (exact) mass is 437 g/mol. The molecule has 3 rings (SSSR count). The molecule has 3 aromatic carbocycles. The number of rotatable bonds is 9. The molecule has 1 amide bonds. The maximum absolute atomic E-state index is 12.6. The molecule has 0 saturated heterocycles. The first-order valence-electron chi connectivity index (χ1n) is 9.47. The van der Waals surface area contributed by atoms with Crippen molar-refractivity contribution in [3.8, 4) is 17.2 Å². The van der Waals surface area contributed by atoms with Crippen molar-refractivity contribution in [3.05, 3.63) is 77.9 Å². The van der Waals surface area contributed by atoms with E-state index in [4.69, 9.17) is 14.2 Å². The summed E-state index contributed by atoms with van der Waals surface area (Å²) in [4.78, 5) is 26.0. The fourth-order valence-electron chi connectivity index (χ4n) is 2.87. The summed E-state index contributed by atoms with van der Waals surface area (Å²) < 4.78 is 15.6. The Hall–Kier alpha value is -3.45. The van der Waals surface area contributed by atoms with Crippen molar-refractivity contribution in [2.24, 2.45) is 0 Å². The first-order chi connectivity index (χ1) is 15.0. The van der Waals surface area contributed by atoms with Gasteiger partial charge in [-0.15, -0.1) is 11.8 Å². The number of carbonyl (C=O) groups is 2. The number of hydrogen-bond donors (Lipinski definition) is 1. The van der Waals surface area contributed by atoms with E-state index in [2.05, 4.69) is 5.32 Å². The fourth-order valence-corrected chi connectivity index (χ4v) is 3.72. The first-order valence-corrected chi connectivity index (χ1v) is 10.5. The van der Waals surface area contributed by atoms with Gasteiger partial charge in [-0.2, -0.15) is 0 Å². The number of thioether (sulfide) groups is 1. The van der Waals surface area contributed by atoms with Crippen molar-refractivity contribution in [1.82, 2.24) is 0 Å². The average Bonchev–Trinajstić information content (AvgIpc) is 2.82. The Morgan fingerprint density at radius 2 is 1.58 bits per heavy atom. The Morgan fingerprint density at radius 3 is 2.32 bits per heavy atom. The average molecular weight is 438 g/mol. The van der Waals surface area contributed by atoms with Crippen LogP contribution >= 0.6 is 11.8 Å². The Labute approximate surface area is 185 Å². The Morgan fingerprint density at radius 1 is 0.806 bits per heavy atom. The van der Waals surface area contributed by atoms with E-state index in [1.807, 2.05) is 18.2 Å². The molecule has 0 unspecified atom stereocenters. The van der Waals surface area contributed by atoms with Crippen LogP contribution in [0.1, 0.15) is 20.7 Å². The van der Waals surface area contributed by atoms with E-state index in [0.717, 1.165) is 4.90 Å². The van der Waals surface area contributed by atoms with Crippen LogP contribution in [0.15, 0.2) is 71.6 Å². The quantitative estimate of drug-likeness (QED) is 0.378. The third-order valence-electron chi connectivity index (χ3n) is 4.50. The molecule has 0 fully saturated rings. The highest BCUT2D eigenvalue weighted by molar-refractivity contribution is 8.00. The maximum Gasteiger partial charge on any atom is 0.255 e. The minimum atomic E-state index is -0.234. The van der Waals surface area contributed by atoms with Gasteiger partial charge in [-0.05, 0) is 54.6 Å². The SMILES string of the molecule is COc1cccc(C(=O)Nc2cccc(SCC(=O)c3ccc(OC)c(OC)c3)c2)c1. The van der Waals surface area contributed by atoms with E-state index in [9.17, 15) is 9.59 Å². The Bertz CT molecular complexity index is 1080. The van der Waals surface area contributed by atoms with E-state index in [1.54, 1.807) is 62.8 Å². The van der Waals surface area contributed by atoms with Crippen LogP contribution in [0.25, 0.3) is 0 Å². The van der Waals surface area contributed by atoms with Crippen LogP contribution in [0.5, 0.6) is 17.2 Å². The van der Waals surface area contributed by atoms with Crippen molar-refractivity contribution >= 4 is 29.1 Å². The molecule has 0 aliphatic carbocycles. The van der Waals surface area contributed by atoms with Gasteiger partial charge >= 0.3 is 0 Å². The van der Waals surface area contributed by atoms with Gasteiger partial charge in [0, 0.05) is 21.7 Å². The smallest absolute Gasteiger partial charge is 0.255 e. The van der Waals surface area contributed by atoms with Crippen molar-refractivity contribution < 1.29 is 23.8 Å². The second-order valence-electron chi connectivity index (χ2n) is 6.50. The second kappa shape index (κ2) is 10.5. The molecule has 0 atom stereocenters. The number of carbonyl (C=O) groups excluding carboxylic acids is 2. The van der Waals surface area contributed by atoms with Crippen LogP contribution in [0.2, 0.25) is 0 Å². The number of amides is 1. The highest BCUT2D eigenvalue weighted by atomic mass is 32.2. The van der Waals surface area contributed by atoms with E-state index >= 15 is 0 Å². The third kappa shape index (κ3) is 5.79. The Kier molecular flexibility index (Phi) is 7.56. The number of Topliss-reactive ketones (excluding diaryl/α,β-unsaturated/α-hetero) is 1. The van der Waals surface area contributed by atoms with Crippen LogP contribution in [0.3, 0.4) is 0 Å². The lowest BCUT2D eigenvalue weighted by atomic mass is 10.1. The zero-order chi connectivity index (χ0) is 22.2. The number of hydrogen-bond acceptors (Lipinski definition) is 6. The van der Waals surface area contributed by atoms with Gasteiger partial charge in [0.1, 0.15) is 5.75 Å². The summed E-state index contributed by atoms with van der Waals surface area (Å²) in [6, 6.07) is 19.4. The Balaban J connectivity index is 1.64. The lowest BCUT2D eigenvalue weighted by molar-refractivity contribution is 0.101. The first kappa shape index (κ1) is 22.2. The molecule has 0 radical (unpaired) electrons. The highest BCUT2D eigenvalue weighted by Crippen LogP contribution is 2.29. The summed E-state index contributed by atoms with van der Waals surface area (Å²) in [5.74, 6) is 1.69. The van der Waals surface area contributed by atoms with Crippen molar-refractivity contribution in [1.29, 1.82) is 0 Å². The van der Waals surface area contributed by atoms with Crippen LogP contribution in [0, 0.1) is 0 Å². The van der Waals surface area contributed by atoms with Gasteiger partial charge in [-0.1, -0.05) is 12.1 Å². The van der Waals surface area contributed by atoms with Gasteiger partial charge in [0.05, 0.1) is 27.1 Å². The molecule has 0 aromatic heterocycles. The molecule has 3 aromatic rings. The van der Waals surface area contributed by atoms with E-state index in [-0.39, 0.29) is 17.4 Å². The molecule has 1 N–H and O–H groups in total. The molecule has 160 valence electrons.